The number of carbonyl (C=O) groups is 1. The summed E-state index contributed by atoms with van der Waals surface area (Å²) in [5.41, 5.74) is 5.85. The van der Waals surface area contributed by atoms with E-state index in [0.717, 1.165) is 25.5 Å². The molecule has 0 saturated heterocycles. The summed E-state index contributed by atoms with van der Waals surface area (Å²) >= 11 is 1.87. The molecule has 0 spiro atoms. The molecule has 6 heteroatoms. The maximum Gasteiger partial charge on any atom is 0.228 e. The standard InChI is InChI=1S/C12H15FIN3O/c13-9-6-16-11(5-10(9)14)17-12(18)7-2-1-3-8(15)4-7/h5-8H,1-4,15H2,(H,16,17,18). The molecule has 1 heterocycles. The SMILES string of the molecule is NC1CCCC(C(=O)Nc2cc(I)c(F)cn2)C1. The molecule has 0 radical (unpaired) electrons. The second kappa shape index (κ2) is 5.92. The van der Waals surface area contributed by atoms with Crippen LogP contribution in [0.3, 0.4) is 0 Å². The molecule has 2 rings (SSSR count). The van der Waals surface area contributed by atoms with Crippen LogP contribution in [0.25, 0.3) is 0 Å². The van der Waals surface area contributed by atoms with Gasteiger partial charge in [-0.15, -0.1) is 0 Å². The maximum atomic E-state index is 13.0. The van der Waals surface area contributed by atoms with E-state index in [0.29, 0.717) is 15.8 Å². The number of nitrogens with zero attached hydrogens (tertiary/aromatic N) is 1. The van der Waals surface area contributed by atoms with E-state index >= 15 is 0 Å². The second-order valence-corrected chi connectivity index (χ2v) is 5.76. The number of pyridine rings is 1. The molecule has 2 atom stereocenters. The third-order valence-corrected chi connectivity index (χ3v) is 3.97. The molecule has 1 aliphatic carbocycles. The first-order valence-corrected chi connectivity index (χ1v) is 7.01. The smallest absolute Gasteiger partial charge is 0.228 e. The van der Waals surface area contributed by atoms with Crippen molar-refractivity contribution < 1.29 is 9.18 Å². The van der Waals surface area contributed by atoms with Gasteiger partial charge in [-0.05, 0) is 47.9 Å². The number of anilines is 1. The summed E-state index contributed by atoms with van der Waals surface area (Å²) in [5.74, 6) is -0.114. The Labute approximate surface area is 119 Å². The first kappa shape index (κ1) is 13.7. The highest BCUT2D eigenvalue weighted by molar-refractivity contribution is 14.1. The molecule has 18 heavy (non-hydrogen) atoms. The second-order valence-electron chi connectivity index (χ2n) is 4.60. The van der Waals surface area contributed by atoms with Gasteiger partial charge in [-0.2, -0.15) is 0 Å². The molecule has 0 bridgehead atoms. The lowest BCUT2D eigenvalue weighted by Crippen LogP contribution is -2.34. The van der Waals surface area contributed by atoms with Crippen LogP contribution in [0.5, 0.6) is 0 Å². The molecule has 3 N–H and O–H groups in total. The quantitative estimate of drug-likeness (QED) is 0.793. The average Bonchev–Trinajstić information content (AvgIpc) is 2.34. The van der Waals surface area contributed by atoms with Crippen molar-refractivity contribution in [2.75, 3.05) is 5.32 Å². The minimum Gasteiger partial charge on any atom is -0.328 e. The minimum atomic E-state index is -0.381. The predicted octanol–water partition coefficient (Wildman–Crippen LogP) is 2.28. The number of aromatic nitrogens is 1. The van der Waals surface area contributed by atoms with Crippen molar-refractivity contribution in [3.05, 3.63) is 21.7 Å². The van der Waals surface area contributed by atoms with Crippen LogP contribution < -0.4 is 11.1 Å². The zero-order valence-corrected chi connectivity index (χ0v) is 12.0. The van der Waals surface area contributed by atoms with Gasteiger partial charge < -0.3 is 11.1 Å². The number of hydrogen-bond donors (Lipinski definition) is 2. The third kappa shape index (κ3) is 3.38. The van der Waals surface area contributed by atoms with E-state index in [1.54, 1.807) is 0 Å². The zero-order valence-electron chi connectivity index (χ0n) is 9.83. The Hall–Kier alpha value is -0.760. The number of halogens is 2. The van der Waals surface area contributed by atoms with Gasteiger partial charge in [0.2, 0.25) is 5.91 Å². The molecule has 1 saturated carbocycles. The summed E-state index contributed by atoms with van der Waals surface area (Å²) in [6.45, 7) is 0. The molecule has 0 aromatic carbocycles. The fourth-order valence-electron chi connectivity index (χ4n) is 2.18. The predicted molar refractivity (Wildman–Crippen MR) is 75.5 cm³/mol. The molecule has 1 fully saturated rings. The Morgan fingerprint density at radius 3 is 3.00 bits per heavy atom. The third-order valence-electron chi connectivity index (χ3n) is 3.15. The van der Waals surface area contributed by atoms with Crippen LogP contribution in [0, 0.1) is 15.3 Å². The average molecular weight is 363 g/mol. The van der Waals surface area contributed by atoms with E-state index < -0.39 is 0 Å². The van der Waals surface area contributed by atoms with Gasteiger partial charge in [0.25, 0.3) is 0 Å². The summed E-state index contributed by atoms with van der Waals surface area (Å²) in [7, 11) is 0. The number of nitrogens with two attached hydrogens (primary N) is 1. The molecule has 0 aliphatic heterocycles. The van der Waals surface area contributed by atoms with Crippen molar-refractivity contribution in [3.8, 4) is 0 Å². The molecule has 2 unspecified atom stereocenters. The highest BCUT2D eigenvalue weighted by Gasteiger charge is 2.25. The Balaban J connectivity index is 2.00. The van der Waals surface area contributed by atoms with E-state index in [2.05, 4.69) is 10.3 Å². The lowest BCUT2D eigenvalue weighted by atomic mass is 9.85. The fraction of sp³-hybridized carbons (Fsp3) is 0.500. The number of rotatable bonds is 2. The maximum absolute atomic E-state index is 13.0. The van der Waals surface area contributed by atoms with Crippen LogP contribution in [0.4, 0.5) is 10.2 Å². The van der Waals surface area contributed by atoms with Gasteiger partial charge >= 0.3 is 0 Å². The van der Waals surface area contributed by atoms with Crippen molar-refractivity contribution in [1.29, 1.82) is 0 Å². The van der Waals surface area contributed by atoms with Crippen molar-refractivity contribution in [1.82, 2.24) is 4.98 Å². The Morgan fingerprint density at radius 2 is 2.33 bits per heavy atom. The molecule has 1 aromatic heterocycles. The fourth-order valence-corrected chi connectivity index (χ4v) is 2.61. The minimum absolute atomic E-state index is 0.0572. The number of carbonyl (C=O) groups excluding carboxylic acids is 1. The molecular weight excluding hydrogens is 348 g/mol. The molecule has 98 valence electrons. The number of hydrogen-bond acceptors (Lipinski definition) is 3. The Morgan fingerprint density at radius 1 is 1.56 bits per heavy atom. The summed E-state index contributed by atoms with van der Waals surface area (Å²) < 4.78 is 13.5. The van der Waals surface area contributed by atoms with Crippen molar-refractivity contribution in [3.63, 3.8) is 0 Å². The highest BCUT2D eigenvalue weighted by Crippen LogP contribution is 2.24. The van der Waals surface area contributed by atoms with Crippen molar-refractivity contribution in [2.45, 2.75) is 31.7 Å². The van der Waals surface area contributed by atoms with Gasteiger partial charge in [-0.3, -0.25) is 4.79 Å². The van der Waals surface area contributed by atoms with Crippen molar-refractivity contribution in [2.24, 2.45) is 11.7 Å². The first-order chi connectivity index (χ1) is 8.56. The Kier molecular flexibility index (Phi) is 4.50. The lowest BCUT2D eigenvalue weighted by Gasteiger charge is -2.25. The zero-order chi connectivity index (χ0) is 13.1. The van der Waals surface area contributed by atoms with Gasteiger partial charge in [0.1, 0.15) is 5.82 Å². The summed E-state index contributed by atoms with van der Waals surface area (Å²) in [6, 6.07) is 1.63. The summed E-state index contributed by atoms with van der Waals surface area (Å²) in [5, 5.41) is 2.72. The van der Waals surface area contributed by atoms with Crippen LogP contribution in [0.1, 0.15) is 25.7 Å². The van der Waals surface area contributed by atoms with Crippen LogP contribution in [0.15, 0.2) is 12.3 Å². The molecule has 1 aliphatic rings. The monoisotopic (exact) mass is 363 g/mol. The van der Waals surface area contributed by atoms with E-state index in [9.17, 15) is 9.18 Å². The molecule has 4 nitrogen and oxygen atoms in total. The Bertz CT molecular complexity index is 455. The summed E-state index contributed by atoms with van der Waals surface area (Å²) in [6.07, 6.45) is 4.65. The van der Waals surface area contributed by atoms with Gasteiger partial charge in [0.15, 0.2) is 5.82 Å². The van der Waals surface area contributed by atoms with Crippen LogP contribution >= 0.6 is 22.6 Å². The lowest BCUT2D eigenvalue weighted by molar-refractivity contribution is -0.120. The largest absolute Gasteiger partial charge is 0.328 e. The van der Waals surface area contributed by atoms with E-state index in [1.807, 2.05) is 22.6 Å². The van der Waals surface area contributed by atoms with Gasteiger partial charge in [0, 0.05) is 12.0 Å². The van der Waals surface area contributed by atoms with E-state index in [1.165, 1.54) is 6.07 Å². The van der Waals surface area contributed by atoms with Crippen LogP contribution in [0.2, 0.25) is 0 Å². The summed E-state index contributed by atoms with van der Waals surface area (Å²) in [4.78, 5) is 15.9. The molecule has 1 aromatic rings. The van der Waals surface area contributed by atoms with E-state index in [4.69, 9.17) is 5.73 Å². The normalized spacial score (nSPS) is 23.7. The van der Waals surface area contributed by atoms with Gasteiger partial charge in [-0.25, -0.2) is 9.37 Å². The number of amides is 1. The first-order valence-electron chi connectivity index (χ1n) is 5.93. The molecule has 1 amide bonds. The van der Waals surface area contributed by atoms with Crippen molar-refractivity contribution >= 4 is 34.3 Å². The van der Waals surface area contributed by atoms with Crippen LogP contribution in [-0.4, -0.2) is 16.9 Å². The topological polar surface area (TPSA) is 68.0 Å². The molecular formula is C12H15FIN3O. The van der Waals surface area contributed by atoms with E-state index in [-0.39, 0.29) is 23.7 Å². The van der Waals surface area contributed by atoms with Gasteiger partial charge in [0.05, 0.1) is 9.77 Å². The highest BCUT2D eigenvalue weighted by atomic mass is 127. The van der Waals surface area contributed by atoms with Crippen LogP contribution in [-0.2, 0) is 4.79 Å². The van der Waals surface area contributed by atoms with Gasteiger partial charge in [-0.1, -0.05) is 6.42 Å². The number of nitrogens with one attached hydrogen (secondary N) is 1.